The van der Waals surface area contributed by atoms with Crippen molar-refractivity contribution in [2.24, 2.45) is 5.92 Å². The summed E-state index contributed by atoms with van der Waals surface area (Å²) in [6, 6.07) is 2.36. The normalized spacial score (nSPS) is 11.8. The third-order valence-corrected chi connectivity index (χ3v) is 3.43. The van der Waals surface area contributed by atoms with E-state index in [-0.39, 0.29) is 34.0 Å². The van der Waals surface area contributed by atoms with Crippen molar-refractivity contribution in [3.8, 4) is 0 Å². The lowest BCUT2D eigenvalue weighted by Gasteiger charge is -2.12. The fourth-order valence-corrected chi connectivity index (χ4v) is 2.02. The summed E-state index contributed by atoms with van der Waals surface area (Å²) in [6.45, 7) is 1.96. The molecule has 0 aliphatic carbocycles. The maximum absolute atomic E-state index is 11.6. The third-order valence-electron chi connectivity index (χ3n) is 2.39. The first-order chi connectivity index (χ1) is 9.29. The second kappa shape index (κ2) is 7.57. The van der Waals surface area contributed by atoms with Crippen molar-refractivity contribution in [2.75, 3.05) is 11.9 Å². The SMILES string of the molecule is CC(CNC(=O)Nc1cc(Cl)c(Cl)cc1Cl)CC(=O)O. The van der Waals surface area contributed by atoms with Crippen molar-refractivity contribution in [1.29, 1.82) is 0 Å². The molecule has 0 saturated carbocycles. The second-order valence-electron chi connectivity index (χ2n) is 4.28. The van der Waals surface area contributed by atoms with E-state index in [1.54, 1.807) is 6.92 Å². The number of hydrogen-bond acceptors (Lipinski definition) is 2. The number of halogens is 3. The largest absolute Gasteiger partial charge is 0.481 e. The number of nitrogens with one attached hydrogen (secondary N) is 2. The van der Waals surface area contributed by atoms with E-state index >= 15 is 0 Å². The highest BCUT2D eigenvalue weighted by molar-refractivity contribution is 6.44. The van der Waals surface area contributed by atoms with Crippen LogP contribution in [0.15, 0.2) is 12.1 Å². The quantitative estimate of drug-likeness (QED) is 0.712. The van der Waals surface area contributed by atoms with Crippen LogP contribution in [0.2, 0.25) is 15.1 Å². The van der Waals surface area contributed by atoms with Crippen LogP contribution in [0.25, 0.3) is 0 Å². The standard InChI is InChI=1S/C12H13Cl3N2O3/c1-6(2-11(18)19)5-16-12(20)17-10-4-8(14)7(13)3-9(10)15/h3-4,6H,2,5H2,1H3,(H,18,19)(H2,16,17,20). The molecule has 0 radical (unpaired) electrons. The van der Waals surface area contributed by atoms with Crippen molar-refractivity contribution in [1.82, 2.24) is 5.32 Å². The summed E-state index contributed by atoms with van der Waals surface area (Å²) in [5, 5.41) is 14.5. The number of carbonyl (C=O) groups is 2. The summed E-state index contributed by atoms with van der Waals surface area (Å²) in [7, 11) is 0. The van der Waals surface area contributed by atoms with Gasteiger partial charge in [-0.25, -0.2) is 4.79 Å². The molecule has 0 heterocycles. The monoisotopic (exact) mass is 338 g/mol. The number of anilines is 1. The fraction of sp³-hybridized carbons (Fsp3) is 0.333. The molecule has 0 bridgehead atoms. The number of aliphatic carboxylic acids is 1. The third kappa shape index (κ3) is 5.45. The Morgan fingerprint density at radius 2 is 1.80 bits per heavy atom. The molecule has 5 nitrogen and oxygen atoms in total. The lowest BCUT2D eigenvalue weighted by molar-refractivity contribution is -0.137. The summed E-state index contributed by atoms with van der Waals surface area (Å²) < 4.78 is 0. The van der Waals surface area contributed by atoms with Crippen LogP contribution in [-0.4, -0.2) is 23.7 Å². The van der Waals surface area contributed by atoms with Crippen LogP contribution in [0.5, 0.6) is 0 Å². The molecule has 0 aliphatic heterocycles. The molecule has 1 aromatic carbocycles. The molecule has 0 saturated heterocycles. The minimum Gasteiger partial charge on any atom is -0.481 e. The number of carboxylic acid groups (broad SMARTS) is 1. The predicted molar refractivity (Wildman–Crippen MR) is 79.9 cm³/mol. The van der Waals surface area contributed by atoms with Gasteiger partial charge in [0.05, 0.1) is 20.8 Å². The Balaban J connectivity index is 2.55. The van der Waals surface area contributed by atoms with E-state index in [2.05, 4.69) is 10.6 Å². The molecule has 0 spiro atoms. The van der Waals surface area contributed by atoms with Crippen molar-refractivity contribution in [3.63, 3.8) is 0 Å². The zero-order chi connectivity index (χ0) is 15.3. The van der Waals surface area contributed by atoms with Crippen molar-refractivity contribution < 1.29 is 14.7 Å². The van der Waals surface area contributed by atoms with Gasteiger partial charge < -0.3 is 15.7 Å². The van der Waals surface area contributed by atoms with E-state index in [0.717, 1.165) is 0 Å². The predicted octanol–water partition coefficient (Wildman–Crippen LogP) is 3.88. The van der Waals surface area contributed by atoms with Crippen LogP contribution in [0.3, 0.4) is 0 Å². The number of carboxylic acids is 1. The van der Waals surface area contributed by atoms with Crippen molar-refractivity contribution >= 4 is 52.5 Å². The molecule has 20 heavy (non-hydrogen) atoms. The number of amides is 2. The maximum atomic E-state index is 11.6. The van der Waals surface area contributed by atoms with Crippen LogP contribution >= 0.6 is 34.8 Å². The molecule has 0 aliphatic rings. The van der Waals surface area contributed by atoms with E-state index in [9.17, 15) is 9.59 Å². The Labute approximate surface area is 131 Å². The van der Waals surface area contributed by atoms with Crippen LogP contribution in [-0.2, 0) is 4.79 Å². The van der Waals surface area contributed by atoms with Gasteiger partial charge in [-0.05, 0) is 18.1 Å². The smallest absolute Gasteiger partial charge is 0.319 e. The van der Waals surface area contributed by atoms with Gasteiger partial charge in [0.25, 0.3) is 0 Å². The van der Waals surface area contributed by atoms with Crippen LogP contribution in [0, 0.1) is 5.92 Å². The molecule has 1 aromatic rings. The van der Waals surface area contributed by atoms with E-state index in [4.69, 9.17) is 39.9 Å². The second-order valence-corrected chi connectivity index (χ2v) is 5.51. The Morgan fingerprint density at radius 3 is 2.40 bits per heavy atom. The highest BCUT2D eigenvalue weighted by Gasteiger charge is 2.11. The summed E-state index contributed by atoms with van der Waals surface area (Å²) in [5.41, 5.74) is 0.324. The molecule has 1 unspecified atom stereocenters. The highest BCUT2D eigenvalue weighted by Crippen LogP contribution is 2.32. The first-order valence-electron chi connectivity index (χ1n) is 5.70. The number of carbonyl (C=O) groups excluding carboxylic acids is 1. The maximum Gasteiger partial charge on any atom is 0.319 e. The van der Waals surface area contributed by atoms with Gasteiger partial charge >= 0.3 is 12.0 Å². The first kappa shape index (κ1) is 16.9. The zero-order valence-electron chi connectivity index (χ0n) is 10.5. The Bertz CT molecular complexity index is 523. The Hall–Kier alpha value is -1.17. The fourth-order valence-electron chi connectivity index (χ4n) is 1.42. The van der Waals surface area contributed by atoms with Crippen molar-refractivity contribution in [3.05, 3.63) is 27.2 Å². The molecule has 2 amide bonds. The molecule has 3 N–H and O–H groups in total. The van der Waals surface area contributed by atoms with E-state index < -0.39 is 12.0 Å². The Kier molecular flexibility index (Phi) is 6.39. The van der Waals surface area contributed by atoms with E-state index in [1.807, 2.05) is 0 Å². The average Bonchev–Trinajstić information content (AvgIpc) is 2.32. The number of urea groups is 1. The van der Waals surface area contributed by atoms with Gasteiger partial charge in [-0.2, -0.15) is 0 Å². The van der Waals surface area contributed by atoms with Crippen molar-refractivity contribution in [2.45, 2.75) is 13.3 Å². The number of hydrogen-bond donors (Lipinski definition) is 3. The minimum atomic E-state index is -0.910. The highest BCUT2D eigenvalue weighted by atomic mass is 35.5. The number of benzene rings is 1. The number of rotatable bonds is 5. The van der Waals surface area contributed by atoms with Gasteiger partial charge in [0.1, 0.15) is 0 Å². The zero-order valence-corrected chi connectivity index (χ0v) is 12.8. The van der Waals surface area contributed by atoms with E-state index in [1.165, 1.54) is 12.1 Å². The average molecular weight is 340 g/mol. The molecule has 1 rings (SSSR count). The lowest BCUT2D eigenvalue weighted by atomic mass is 10.1. The van der Waals surface area contributed by atoms with E-state index in [0.29, 0.717) is 5.69 Å². The summed E-state index contributed by atoms with van der Waals surface area (Å²) in [6.07, 6.45) is -0.0200. The van der Waals surface area contributed by atoms with Gasteiger partial charge in [0.15, 0.2) is 0 Å². The summed E-state index contributed by atoms with van der Waals surface area (Å²) >= 11 is 17.5. The molecule has 0 fully saturated rings. The molecular weight excluding hydrogens is 327 g/mol. The van der Waals surface area contributed by atoms with Gasteiger partial charge in [-0.1, -0.05) is 41.7 Å². The molecule has 0 aromatic heterocycles. The molecular formula is C12H13Cl3N2O3. The minimum absolute atomic E-state index is 0.0200. The molecule has 8 heteroatoms. The van der Waals surface area contributed by atoms with Crippen LogP contribution in [0.1, 0.15) is 13.3 Å². The van der Waals surface area contributed by atoms with Crippen LogP contribution in [0.4, 0.5) is 10.5 Å². The summed E-state index contributed by atoms with van der Waals surface area (Å²) in [4.78, 5) is 22.1. The lowest BCUT2D eigenvalue weighted by Crippen LogP contribution is -2.33. The van der Waals surface area contributed by atoms with Crippen LogP contribution < -0.4 is 10.6 Å². The summed E-state index contributed by atoms with van der Waals surface area (Å²) in [5.74, 6) is -1.09. The van der Waals surface area contributed by atoms with Gasteiger partial charge in [0, 0.05) is 13.0 Å². The Morgan fingerprint density at radius 1 is 1.20 bits per heavy atom. The van der Waals surface area contributed by atoms with Gasteiger partial charge in [0.2, 0.25) is 0 Å². The molecule has 1 atom stereocenters. The molecule has 110 valence electrons. The van der Waals surface area contributed by atoms with Gasteiger partial charge in [-0.3, -0.25) is 4.79 Å². The van der Waals surface area contributed by atoms with Gasteiger partial charge in [-0.15, -0.1) is 0 Å². The topological polar surface area (TPSA) is 78.4 Å². The first-order valence-corrected chi connectivity index (χ1v) is 6.84.